The van der Waals surface area contributed by atoms with Gasteiger partial charge in [0, 0.05) is 0 Å². The van der Waals surface area contributed by atoms with Gasteiger partial charge in [0.15, 0.2) is 5.11 Å². The molecule has 0 saturated heterocycles. The summed E-state index contributed by atoms with van der Waals surface area (Å²) in [6, 6.07) is 1.95. The van der Waals surface area contributed by atoms with Crippen LogP contribution in [0.25, 0.3) is 0 Å². The van der Waals surface area contributed by atoms with Crippen molar-refractivity contribution in [2.24, 2.45) is 5.73 Å². The molecule has 5 nitrogen and oxygen atoms in total. The third-order valence-corrected chi connectivity index (χ3v) is 1.90. The summed E-state index contributed by atoms with van der Waals surface area (Å²) in [6.07, 6.45) is 0. The molecule has 0 bridgehead atoms. The van der Waals surface area contributed by atoms with Gasteiger partial charge in [-0.05, 0) is 25.2 Å². The van der Waals surface area contributed by atoms with Gasteiger partial charge >= 0.3 is 0 Å². The van der Waals surface area contributed by atoms with E-state index in [0.29, 0.717) is 0 Å². The molecule has 7 heteroatoms. The Balaban J connectivity index is 3.28. The molecule has 80 valence electrons. The number of benzene rings is 1. The summed E-state index contributed by atoms with van der Waals surface area (Å²) in [4.78, 5) is 9.90. The minimum Gasteiger partial charge on any atom is -0.376 e. The quantitative estimate of drug-likeness (QED) is 0.458. The number of rotatable bonds is 2. The van der Waals surface area contributed by atoms with Gasteiger partial charge in [0.1, 0.15) is 5.82 Å². The number of halogens is 1. The van der Waals surface area contributed by atoms with Gasteiger partial charge in [0.25, 0.3) is 5.69 Å². The average molecular weight is 229 g/mol. The fraction of sp³-hybridized carbons (Fsp3) is 0.125. The molecular formula is C8H8FN3O2S. The van der Waals surface area contributed by atoms with E-state index in [1.165, 1.54) is 6.92 Å². The molecule has 0 heterocycles. The molecule has 0 amide bonds. The topological polar surface area (TPSA) is 81.2 Å². The second kappa shape index (κ2) is 4.18. The first-order valence-electron chi connectivity index (χ1n) is 3.93. The molecule has 3 N–H and O–H groups in total. The Bertz CT molecular complexity index is 436. The van der Waals surface area contributed by atoms with Crippen LogP contribution in [0.15, 0.2) is 12.1 Å². The minimum atomic E-state index is -0.717. The molecule has 0 aliphatic rings. The van der Waals surface area contributed by atoms with Crippen LogP contribution >= 0.6 is 12.2 Å². The maximum atomic E-state index is 13.0. The number of hydrogen-bond acceptors (Lipinski definition) is 3. The van der Waals surface area contributed by atoms with Crippen molar-refractivity contribution < 1.29 is 9.31 Å². The second-order valence-electron chi connectivity index (χ2n) is 2.84. The van der Waals surface area contributed by atoms with Gasteiger partial charge in [0.2, 0.25) is 0 Å². The number of hydrogen-bond donors (Lipinski definition) is 2. The van der Waals surface area contributed by atoms with Crippen LogP contribution in [0, 0.1) is 22.9 Å². The molecule has 0 aliphatic carbocycles. The standard InChI is InChI=1S/C8H8FN3O2S/c1-4-6(11-8(10)15)2-5(9)3-7(4)12(13)14/h2-3H,1H3,(H3,10,11,15). The number of anilines is 1. The second-order valence-corrected chi connectivity index (χ2v) is 3.28. The van der Waals surface area contributed by atoms with Crippen LogP contribution in [0.1, 0.15) is 5.56 Å². The zero-order valence-corrected chi connectivity index (χ0v) is 8.60. The Hall–Kier alpha value is -1.76. The predicted molar refractivity (Wildman–Crippen MR) is 58.2 cm³/mol. The summed E-state index contributed by atoms with van der Waals surface area (Å²) in [5.74, 6) is -0.717. The van der Waals surface area contributed by atoms with Crippen molar-refractivity contribution in [1.29, 1.82) is 0 Å². The normalized spacial score (nSPS) is 9.73. The minimum absolute atomic E-state index is 0.0713. The van der Waals surface area contributed by atoms with Crippen molar-refractivity contribution in [1.82, 2.24) is 0 Å². The zero-order valence-electron chi connectivity index (χ0n) is 7.78. The fourth-order valence-corrected chi connectivity index (χ4v) is 1.23. The molecule has 1 aromatic rings. The van der Waals surface area contributed by atoms with Gasteiger partial charge in [-0.1, -0.05) is 0 Å². The number of nitrogens with one attached hydrogen (secondary N) is 1. The van der Waals surface area contributed by atoms with E-state index in [2.05, 4.69) is 17.5 Å². The van der Waals surface area contributed by atoms with Gasteiger partial charge in [-0.3, -0.25) is 10.1 Å². The van der Waals surface area contributed by atoms with Crippen LogP contribution in [-0.4, -0.2) is 10.0 Å². The molecule has 0 fully saturated rings. The third-order valence-electron chi connectivity index (χ3n) is 1.80. The van der Waals surface area contributed by atoms with Crippen LogP contribution < -0.4 is 11.1 Å². The van der Waals surface area contributed by atoms with Crippen molar-refractivity contribution in [2.45, 2.75) is 6.92 Å². The molecule has 15 heavy (non-hydrogen) atoms. The lowest BCUT2D eigenvalue weighted by Gasteiger charge is -2.07. The molecule has 1 aromatic carbocycles. The lowest BCUT2D eigenvalue weighted by Crippen LogP contribution is -2.19. The molecule has 0 unspecified atom stereocenters. The molecule has 0 spiro atoms. The molecule has 0 aliphatic heterocycles. The number of nitrogens with zero attached hydrogens (tertiary/aromatic N) is 1. The van der Waals surface area contributed by atoms with Crippen LogP contribution in [0.4, 0.5) is 15.8 Å². The monoisotopic (exact) mass is 229 g/mol. The van der Waals surface area contributed by atoms with Gasteiger partial charge in [-0.15, -0.1) is 0 Å². The fourth-order valence-electron chi connectivity index (χ4n) is 1.12. The lowest BCUT2D eigenvalue weighted by atomic mass is 10.1. The molecular weight excluding hydrogens is 221 g/mol. The lowest BCUT2D eigenvalue weighted by molar-refractivity contribution is -0.385. The van der Waals surface area contributed by atoms with Crippen molar-refractivity contribution in [3.8, 4) is 0 Å². The maximum absolute atomic E-state index is 13.0. The Labute approximate surface area is 90.2 Å². The Morgan fingerprint density at radius 1 is 1.67 bits per heavy atom. The maximum Gasteiger partial charge on any atom is 0.277 e. The van der Waals surface area contributed by atoms with Crippen LogP contribution in [0.5, 0.6) is 0 Å². The summed E-state index contributed by atoms with van der Waals surface area (Å²) >= 11 is 4.56. The van der Waals surface area contributed by atoms with E-state index in [4.69, 9.17) is 5.73 Å². The summed E-state index contributed by atoms with van der Waals surface area (Å²) < 4.78 is 13.0. The zero-order chi connectivity index (χ0) is 11.6. The van der Waals surface area contributed by atoms with E-state index in [-0.39, 0.29) is 22.1 Å². The molecule has 0 aromatic heterocycles. The van der Waals surface area contributed by atoms with Crippen molar-refractivity contribution in [3.63, 3.8) is 0 Å². The molecule has 1 rings (SSSR count). The number of thiocarbonyl (C=S) groups is 1. The highest BCUT2D eigenvalue weighted by atomic mass is 32.1. The Morgan fingerprint density at radius 3 is 2.73 bits per heavy atom. The number of nitro groups is 1. The summed E-state index contributed by atoms with van der Waals surface area (Å²) in [5, 5.41) is 13.0. The van der Waals surface area contributed by atoms with Gasteiger partial charge in [-0.25, -0.2) is 4.39 Å². The van der Waals surface area contributed by atoms with Crippen molar-refractivity contribution in [3.05, 3.63) is 33.6 Å². The van der Waals surface area contributed by atoms with E-state index in [1.807, 2.05) is 0 Å². The van der Waals surface area contributed by atoms with E-state index in [9.17, 15) is 14.5 Å². The van der Waals surface area contributed by atoms with Crippen molar-refractivity contribution in [2.75, 3.05) is 5.32 Å². The largest absolute Gasteiger partial charge is 0.376 e. The highest BCUT2D eigenvalue weighted by molar-refractivity contribution is 7.80. The van der Waals surface area contributed by atoms with Gasteiger partial charge < -0.3 is 11.1 Å². The SMILES string of the molecule is Cc1c(NC(N)=S)cc(F)cc1[N+](=O)[O-]. The van der Waals surface area contributed by atoms with E-state index >= 15 is 0 Å². The summed E-state index contributed by atoms with van der Waals surface area (Å²) in [5.41, 5.74) is 5.38. The first-order chi connectivity index (χ1) is 6.91. The number of nitro benzene ring substituents is 1. The van der Waals surface area contributed by atoms with Crippen LogP contribution in [-0.2, 0) is 0 Å². The molecule has 0 radical (unpaired) electrons. The van der Waals surface area contributed by atoms with E-state index in [1.54, 1.807) is 0 Å². The first kappa shape index (κ1) is 11.3. The Morgan fingerprint density at radius 2 is 2.27 bits per heavy atom. The van der Waals surface area contributed by atoms with Crippen molar-refractivity contribution >= 4 is 28.7 Å². The highest BCUT2D eigenvalue weighted by Crippen LogP contribution is 2.26. The third kappa shape index (κ3) is 2.59. The van der Waals surface area contributed by atoms with Gasteiger partial charge in [-0.2, -0.15) is 0 Å². The van der Waals surface area contributed by atoms with Gasteiger partial charge in [0.05, 0.1) is 22.2 Å². The molecule has 0 atom stereocenters. The van der Waals surface area contributed by atoms with E-state index < -0.39 is 10.7 Å². The predicted octanol–water partition coefficient (Wildman–Crippen LogP) is 1.70. The summed E-state index contributed by atoms with van der Waals surface area (Å²) in [6.45, 7) is 1.48. The van der Waals surface area contributed by atoms with Crippen LogP contribution in [0.2, 0.25) is 0 Å². The van der Waals surface area contributed by atoms with E-state index in [0.717, 1.165) is 12.1 Å². The average Bonchev–Trinajstić information content (AvgIpc) is 2.09. The highest BCUT2D eigenvalue weighted by Gasteiger charge is 2.16. The smallest absolute Gasteiger partial charge is 0.277 e. The Kier molecular flexibility index (Phi) is 3.15. The molecule has 0 saturated carbocycles. The van der Waals surface area contributed by atoms with Crippen LogP contribution in [0.3, 0.4) is 0 Å². The first-order valence-corrected chi connectivity index (χ1v) is 4.33. The summed E-state index contributed by atoms with van der Waals surface area (Å²) in [7, 11) is 0. The number of nitrogens with two attached hydrogens (primary N) is 1.